The van der Waals surface area contributed by atoms with Crippen molar-refractivity contribution in [2.24, 2.45) is 0 Å². The smallest absolute Gasteiger partial charge is 0.137 e. The molecule has 74 heavy (non-hydrogen) atoms. The third-order valence-corrected chi connectivity index (χ3v) is 16.1. The molecule has 4 nitrogen and oxygen atoms in total. The molecule has 0 N–H and O–H groups in total. The van der Waals surface area contributed by atoms with Gasteiger partial charge in [-0.25, -0.2) is 0 Å². The molecule has 2 heterocycles. The van der Waals surface area contributed by atoms with Gasteiger partial charge in [0, 0.05) is 49.9 Å². The molecule has 0 saturated heterocycles. The van der Waals surface area contributed by atoms with Gasteiger partial charge in [-0.15, -0.1) is 0 Å². The normalized spacial score (nSPS) is 13.8. The summed E-state index contributed by atoms with van der Waals surface area (Å²) in [6.45, 7) is 4.71. The van der Waals surface area contributed by atoms with Gasteiger partial charge in [0.1, 0.15) is 22.3 Å². The summed E-state index contributed by atoms with van der Waals surface area (Å²) in [5.41, 5.74) is 21.6. The molecule has 0 aliphatic heterocycles. The van der Waals surface area contributed by atoms with Crippen LogP contribution in [0.1, 0.15) is 47.2 Å². The van der Waals surface area contributed by atoms with Crippen molar-refractivity contribution in [3.63, 3.8) is 0 Å². The Hall–Kier alpha value is -9.38. The zero-order chi connectivity index (χ0) is 49.1. The maximum Gasteiger partial charge on any atom is 0.137 e. The molecule has 0 bridgehead atoms. The van der Waals surface area contributed by atoms with Crippen molar-refractivity contribution in [2.45, 2.75) is 24.7 Å². The minimum absolute atomic E-state index is 0.187. The molecule has 11 aromatic carbocycles. The lowest BCUT2D eigenvalue weighted by Crippen LogP contribution is -2.28. The topological polar surface area (TPSA) is 32.8 Å². The number of benzene rings is 11. The number of anilines is 6. The van der Waals surface area contributed by atoms with Crippen LogP contribution in [0, 0.1) is 0 Å². The second-order valence-corrected chi connectivity index (χ2v) is 20.3. The standard InChI is InChI=1S/C70H48N2O2/c1-69(2)57-30-13-10-28-53(57)67-60(69)32-18-33-61(67)71(50-39-41-65-56(44-50)52-27-11-15-35-63(52)73-65)47-24-17-25-48(42-47)72(62-34-19-37-66-68(62)54-29-12-16-36-64(54)74-66)49-38-40-59-55(43-49)51-26-9-14-31-58(51)70(59,45-20-5-3-6-21-45)46-22-7-4-8-23-46/h3-44H,1-2H3. The van der Waals surface area contributed by atoms with E-state index in [1.54, 1.807) is 0 Å². The van der Waals surface area contributed by atoms with E-state index in [4.69, 9.17) is 8.83 Å². The Balaban J connectivity index is 0.992. The van der Waals surface area contributed by atoms with Crippen molar-refractivity contribution in [3.05, 3.63) is 288 Å². The molecule has 4 heteroatoms. The molecular formula is C70H48N2O2. The first-order chi connectivity index (χ1) is 36.5. The summed E-state index contributed by atoms with van der Waals surface area (Å²) < 4.78 is 13.1. The summed E-state index contributed by atoms with van der Waals surface area (Å²) in [6, 6.07) is 92.9. The fourth-order valence-electron chi connectivity index (χ4n) is 12.9. The number of hydrogen-bond donors (Lipinski definition) is 0. The first kappa shape index (κ1) is 42.3. The van der Waals surface area contributed by atoms with E-state index in [9.17, 15) is 0 Å². The van der Waals surface area contributed by atoms with Gasteiger partial charge in [0.2, 0.25) is 0 Å². The van der Waals surface area contributed by atoms with E-state index in [1.165, 1.54) is 55.6 Å². The van der Waals surface area contributed by atoms with E-state index in [0.29, 0.717) is 0 Å². The molecule has 0 amide bonds. The number of para-hydroxylation sites is 2. The fraction of sp³-hybridized carbons (Fsp3) is 0.0571. The Morgan fingerprint density at radius 1 is 0.311 bits per heavy atom. The Labute approximate surface area is 429 Å². The lowest BCUT2D eigenvalue weighted by molar-refractivity contribution is 0.660. The van der Waals surface area contributed by atoms with E-state index in [1.807, 2.05) is 12.1 Å². The van der Waals surface area contributed by atoms with Crippen LogP contribution in [0.25, 0.3) is 66.1 Å². The molecule has 13 aromatic rings. The molecule has 0 atom stereocenters. The van der Waals surface area contributed by atoms with Gasteiger partial charge in [-0.2, -0.15) is 0 Å². The average Bonchev–Trinajstić information content (AvgIpc) is 4.18. The van der Waals surface area contributed by atoms with E-state index >= 15 is 0 Å². The minimum Gasteiger partial charge on any atom is -0.456 e. The van der Waals surface area contributed by atoms with Crippen molar-refractivity contribution in [3.8, 4) is 22.3 Å². The van der Waals surface area contributed by atoms with E-state index in [2.05, 4.69) is 266 Å². The number of rotatable bonds is 8. The van der Waals surface area contributed by atoms with Crippen LogP contribution in [0.15, 0.2) is 264 Å². The van der Waals surface area contributed by atoms with Gasteiger partial charge >= 0.3 is 0 Å². The van der Waals surface area contributed by atoms with Crippen molar-refractivity contribution < 1.29 is 8.83 Å². The summed E-state index contributed by atoms with van der Waals surface area (Å²) in [6.07, 6.45) is 0. The van der Waals surface area contributed by atoms with Gasteiger partial charge in [-0.3, -0.25) is 0 Å². The molecule has 0 fully saturated rings. The van der Waals surface area contributed by atoms with E-state index < -0.39 is 5.41 Å². The van der Waals surface area contributed by atoms with Gasteiger partial charge in [-0.05, 0) is 129 Å². The first-order valence-corrected chi connectivity index (χ1v) is 25.6. The van der Waals surface area contributed by atoms with Crippen molar-refractivity contribution in [2.75, 3.05) is 9.80 Å². The molecule has 0 saturated carbocycles. The molecule has 350 valence electrons. The number of nitrogens with zero attached hydrogens (tertiary/aromatic N) is 2. The maximum atomic E-state index is 6.64. The second kappa shape index (κ2) is 16.1. The molecule has 2 aromatic heterocycles. The van der Waals surface area contributed by atoms with Crippen molar-refractivity contribution in [1.29, 1.82) is 0 Å². The third kappa shape index (κ3) is 6.03. The predicted molar refractivity (Wildman–Crippen MR) is 305 cm³/mol. The minimum atomic E-state index is -0.524. The van der Waals surface area contributed by atoms with Gasteiger partial charge in [-0.1, -0.05) is 190 Å². The highest BCUT2D eigenvalue weighted by molar-refractivity contribution is 6.14. The summed E-state index contributed by atoms with van der Waals surface area (Å²) >= 11 is 0. The van der Waals surface area contributed by atoms with Crippen LogP contribution < -0.4 is 9.80 Å². The Morgan fingerprint density at radius 3 is 1.58 bits per heavy atom. The van der Waals surface area contributed by atoms with Crippen LogP contribution in [0.3, 0.4) is 0 Å². The highest BCUT2D eigenvalue weighted by Gasteiger charge is 2.46. The average molecular weight is 949 g/mol. The number of fused-ring (bicyclic) bond motifs is 12. The van der Waals surface area contributed by atoms with Gasteiger partial charge in [0.25, 0.3) is 0 Å². The lowest BCUT2D eigenvalue weighted by atomic mass is 9.68. The maximum absolute atomic E-state index is 6.64. The molecule has 2 aliphatic carbocycles. The second-order valence-electron chi connectivity index (χ2n) is 20.3. The Morgan fingerprint density at radius 2 is 0.811 bits per heavy atom. The van der Waals surface area contributed by atoms with E-state index in [-0.39, 0.29) is 5.41 Å². The van der Waals surface area contributed by atoms with Crippen LogP contribution in [0.2, 0.25) is 0 Å². The van der Waals surface area contributed by atoms with Gasteiger partial charge < -0.3 is 18.6 Å². The number of hydrogen-bond acceptors (Lipinski definition) is 4. The quantitative estimate of drug-likeness (QED) is 0.152. The highest BCUT2D eigenvalue weighted by Crippen LogP contribution is 2.59. The molecule has 0 spiro atoms. The Kier molecular flexibility index (Phi) is 9.19. The van der Waals surface area contributed by atoms with Crippen LogP contribution in [0.4, 0.5) is 34.1 Å². The predicted octanol–water partition coefficient (Wildman–Crippen LogP) is 19.1. The largest absolute Gasteiger partial charge is 0.456 e. The zero-order valence-electron chi connectivity index (χ0n) is 41.0. The molecule has 2 aliphatic rings. The SMILES string of the molecule is CC1(C)c2ccccc2-c2c(N(c3cccc(N(c4ccc5c(c4)-c4ccccc4C5(c4ccccc4)c4ccccc4)c4cccc5oc6ccccc6c45)c3)c3ccc4oc5ccccc5c4c3)cccc21. The van der Waals surface area contributed by atoms with Crippen LogP contribution in [-0.2, 0) is 10.8 Å². The van der Waals surface area contributed by atoms with Crippen LogP contribution in [-0.4, -0.2) is 0 Å². The highest BCUT2D eigenvalue weighted by atomic mass is 16.3. The van der Waals surface area contributed by atoms with Crippen molar-refractivity contribution in [1.82, 2.24) is 0 Å². The molecule has 15 rings (SSSR count). The van der Waals surface area contributed by atoms with Gasteiger partial charge in [0.05, 0.1) is 22.2 Å². The summed E-state index contributed by atoms with van der Waals surface area (Å²) in [4.78, 5) is 4.90. The first-order valence-electron chi connectivity index (χ1n) is 25.6. The Bertz CT molecular complexity index is 4330. The fourth-order valence-corrected chi connectivity index (χ4v) is 12.9. The summed E-state index contributed by atoms with van der Waals surface area (Å²) in [5, 5.41) is 4.30. The summed E-state index contributed by atoms with van der Waals surface area (Å²) in [5.74, 6) is 0. The van der Waals surface area contributed by atoms with Gasteiger partial charge in [0.15, 0.2) is 0 Å². The third-order valence-electron chi connectivity index (χ3n) is 16.1. The van der Waals surface area contributed by atoms with Crippen molar-refractivity contribution >= 4 is 78.0 Å². The zero-order valence-corrected chi connectivity index (χ0v) is 41.0. The molecule has 0 radical (unpaired) electrons. The van der Waals surface area contributed by atoms with Crippen LogP contribution >= 0.6 is 0 Å². The lowest BCUT2D eigenvalue weighted by Gasteiger charge is -2.34. The van der Waals surface area contributed by atoms with E-state index in [0.717, 1.165) is 78.0 Å². The number of furan rings is 2. The molecular weight excluding hydrogens is 901 g/mol. The summed E-state index contributed by atoms with van der Waals surface area (Å²) in [7, 11) is 0. The molecule has 0 unspecified atom stereocenters. The monoisotopic (exact) mass is 948 g/mol. The van der Waals surface area contributed by atoms with Crippen LogP contribution in [0.5, 0.6) is 0 Å².